The molecule has 0 spiro atoms. The van der Waals surface area contributed by atoms with E-state index in [9.17, 15) is 13.2 Å². The maximum Gasteiger partial charge on any atom is 0.428 e. The fourth-order valence-electron chi connectivity index (χ4n) is 2.03. The number of nitrogens with one attached hydrogen (secondary N) is 2. The summed E-state index contributed by atoms with van der Waals surface area (Å²) in [5.74, 6) is 0.520. The minimum atomic E-state index is -3.66. The van der Waals surface area contributed by atoms with Crippen LogP contribution in [0.15, 0.2) is 57.1 Å². The van der Waals surface area contributed by atoms with Crippen LogP contribution in [0.3, 0.4) is 0 Å². The van der Waals surface area contributed by atoms with E-state index in [1.165, 1.54) is 18.4 Å². The first-order valence-electron chi connectivity index (χ1n) is 8.22. The molecule has 0 aliphatic carbocycles. The third kappa shape index (κ3) is 6.54. The Morgan fingerprint density at radius 3 is 2.41 bits per heavy atom. The summed E-state index contributed by atoms with van der Waals surface area (Å²) in [5.41, 5.74) is 2.86. The van der Waals surface area contributed by atoms with E-state index in [0.29, 0.717) is 17.0 Å². The number of rotatable bonds is 6. The second kappa shape index (κ2) is 8.36. The van der Waals surface area contributed by atoms with Crippen LogP contribution in [0.25, 0.3) is 0 Å². The van der Waals surface area contributed by atoms with Crippen molar-refractivity contribution in [1.82, 2.24) is 10.1 Å². The molecule has 2 rings (SSSR count). The summed E-state index contributed by atoms with van der Waals surface area (Å²) in [7, 11) is -3.66. The predicted octanol–water partition coefficient (Wildman–Crippen LogP) is 3.01. The van der Waals surface area contributed by atoms with E-state index in [0.717, 1.165) is 0 Å². The van der Waals surface area contributed by atoms with Gasteiger partial charge in [-0.05, 0) is 57.5 Å². The highest BCUT2D eigenvalue weighted by Gasteiger charge is 2.16. The van der Waals surface area contributed by atoms with Crippen molar-refractivity contribution in [2.24, 2.45) is 5.10 Å². The molecule has 1 heterocycles. The lowest BCUT2D eigenvalue weighted by molar-refractivity contribution is 0.0529. The van der Waals surface area contributed by atoms with Crippen LogP contribution >= 0.6 is 0 Å². The SMILES string of the molecule is C/C(=N\NC(=O)OC(C)(C)C)c1ccc(S(=O)(=O)NCc2ccco2)cc1. The van der Waals surface area contributed by atoms with Crippen LogP contribution in [0, 0.1) is 0 Å². The normalized spacial score (nSPS) is 12.7. The molecule has 1 aromatic heterocycles. The molecular weight excluding hydrogens is 370 g/mol. The monoisotopic (exact) mass is 393 g/mol. The van der Waals surface area contributed by atoms with Gasteiger partial charge in [0, 0.05) is 0 Å². The maximum absolute atomic E-state index is 12.3. The molecule has 0 aliphatic rings. The third-order valence-corrected chi connectivity index (χ3v) is 4.73. The van der Waals surface area contributed by atoms with Crippen LogP contribution in [-0.4, -0.2) is 25.8 Å². The molecular formula is C18H23N3O5S. The number of sulfonamides is 1. The number of amides is 1. The quantitative estimate of drug-likeness (QED) is 0.579. The molecule has 146 valence electrons. The van der Waals surface area contributed by atoms with Crippen LogP contribution in [-0.2, 0) is 21.3 Å². The molecule has 0 unspecified atom stereocenters. The van der Waals surface area contributed by atoms with E-state index < -0.39 is 21.7 Å². The second-order valence-electron chi connectivity index (χ2n) is 6.74. The molecule has 0 saturated carbocycles. The van der Waals surface area contributed by atoms with Crippen LogP contribution in [0.5, 0.6) is 0 Å². The van der Waals surface area contributed by atoms with E-state index in [1.54, 1.807) is 52.0 Å². The number of furan rings is 1. The standard InChI is InChI=1S/C18H23N3O5S/c1-13(20-21-17(22)26-18(2,3)4)14-7-9-16(10-8-14)27(23,24)19-12-15-6-5-11-25-15/h5-11,19H,12H2,1-4H3,(H,21,22)/b20-13+. The third-order valence-electron chi connectivity index (χ3n) is 3.31. The molecule has 2 aromatic rings. The first kappa shape index (κ1) is 20.7. The van der Waals surface area contributed by atoms with Gasteiger partial charge < -0.3 is 9.15 Å². The van der Waals surface area contributed by atoms with Gasteiger partial charge in [0.15, 0.2) is 0 Å². The summed E-state index contributed by atoms with van der Waals surface area (Å²) >= 11 is 0. The maximum atomic E-state index is 12.3. The fraction of sp³-hybridized carbons (Fsp3) is 0.333. The number of hydrogen-bond acceptors (Lipinski definition) is 6. The molecule has 0 bridgehead atoms. The lowest BCUT2D eigenvalue weighted by Gasteiger charge is -2.18. The van der Waals surface area contributed by atoms with Crippen molar-refractivity contribution < 1.29 is 22.4 Å². The molecule has 0 atom stereocenters. The molecule has 2 N–H and O–H groups in total. The first-order chi connectivity index (χ1) is 12.6. The molecule has 0 radical (unpaired) electrons. The molecule has 27 heavy (non-hydrogen) atoms. The Morgan fingerprint density at radius 1 is 1.19 bits per heavy atom. The molecule has 1 amide bonds. The average Bonchev–Trinajstić information content (AvgIpc) is 3.10. The molecule has 0 aliphatic heterocycles. The number of hydrogen-bond donors (Lipinski definition) is 2. The van der Waals surface area contributed by atoms with Gasteiger partial charge in [0.25, 0.3) is 0 Å². The van der Waals surface area contributed by atoms with Crippen molar-refractivity contribution in [2.75, 3.05) is 0 Å². The van der Waals surface area contributed by atoms with E-state index in [1.807, 2.05) is 0 Å². The van der Waals surface area contributed by atoms with Crippen LogP contribution < -0.4 is 10.1 Å². The van der Waals surface area contributed by atoms with Crippen molar-refractivity contribution in [3.63, 3.8) is 0 Å². The van der Waals surface area contributed by atoms with Gasteiger partial charge in [0.2, 0.25) is 10.0 Å². The number of nitrogens with zero attached hydrogens (tertiary/aromatic N) is 1. The van der Waals surface area contributed by atoms with Crippen molar-refractivity contribution in [3.05, 3.63) is 54.0 Å². The van der Waals surface area contributed by atoms with Crippen molar-refractivity contribution in [1.29, 1.82) is 0 Å². The Kier molecular flexibility index (Phi) is 6.40. The second-order valence-corrected chi connectivity index (χ2v) is 8.51. The van der Waals surface area contributed by atoms with E-state index >= 15 is 0 Å². The predicted molar refractivity (Wildman–Crippen MR) is 101 cm³/mol. The summed E-state index contributed by atoms with van der Waals surface area (Å²) in [6, 6.07) is 9.52. The zero-order valence-corrected chi connectivity index (χ0v) is 16.5. The highest BCUT2D eigenvalue weighted by atomic mass is 32.2. The molecule has 0 fully saturated rings. The van der Waals surface area contributed by atoms with Crippen LogP contribution in [0.1, 0.15) is 39.0 Å². The number of ether oxygens (including phenoxy) is 1. The van der Waals surface area contributed by atoms with Crippen LogP contribution in [0.2, 0.25) is 0 Å². The molecule has 8 nitrogen and oxygen atoms in total. The van der Waals surface area contributed by atoms with E-state index in [2.05, 4.69) is 15.2 Å². The van der Waals surface area contributed by atoms with Gasteiger partial charge in [-0.3, -0.25) is 0 Å². The molecule has 9 heteroatoms. The summed E-state index contributed by atoms with van der Waals surface area (Å²) in [4.78, 5) is 11.7. The summed E-state index contributed by atoms with van der Waals surface area (Å²) in [5, 5.41) is 3.96. The van der Waals surface area contributed by atoms with Crippen molar-refractivity contribution in [3.8, 4) is 0 Å². The Labute approximate surface area is 158 Å². The van der Waals surface area contributed by atoms with Gasteiger partial charge in [0.1, 0.15) is 11.4 Å². The number of hydrazone groups is 1. The number of carbonyl (C=O) groups excluding carboxylic acids is 1. The Bertz CT molecular complexity index is 895. The van der Waals surface area contributed by atoms with Gasteiger partial charge in [0.05, 0.1) is 23.4 Å². The van der Waals surface area contributed by atoms with Gasteiger partial charge in [-0.25, -0.2) is 23.4 Å². The number of benzene rings is 1. The van der Waals surface area contributed by atoms with Gasteiger partial charge in [-0.2, -0.15) is 5.10 Å². The van der Waals surface area contributed by atoms with Gasteiger partial charge in [-0.1, -0.05) is 12.1 Å². The Hall–Kier alpha value is -2.65. The zero-order chi connectivity index (χ0) is 20.1. The summed E-state index contributed by atoms with van der Waals surface area (Å²) in [6.07, 6.45) is 0.814. The minimum Gasteiger partial charge on any atom is -0.468 e. The van der Waals surface area contributed by atoms with Crippen molar-refractivity contribution in [2.45, 2.75) is 44.7 Å². The van der Waals surface area contributed by atoms with Gasteiger partial charge in [-0.15, -0.1) is 0 Å². The van der Waals surface area contributed by atoms with E-state index in [-0.39, 0.29) is 11.4 Å². The zero-order valence-electron chi connectivity index (χ0n) is 15.6. The average molecular weight is 393 g/mol. The Balaban J connectivity index is 2.00. The Morgan fingerprint density at radius 2 is 1.85 bits per heavy atom. The lowest BCUT2D eigenvalue weighted by Crippen LogP contribution is -2.30. The molecule has 1 aromatic carbocycles. The van der Waals surface area contributed by atoms with Gasteiger partial charge >= 0.3 is 6.09 Å². The smallest absolute Gasteiger partial charge is 0.428 e. The largest absolute Gasteiger partial charge is 0.468 e. The first-order valence-corrected chi connectivity index (χ1v) is 9.71. The lowest BCUT2D eigenvalue weighted by atomic mass is 10.1. The van der Waals surface area contributed by atoms with Crippen LogP contribution in [0.4, 0.5) is 4.79 Å². The minimum absolute atomic E-state index is 0.0668. The number of carbonyl (C=O) groups is 1. The summed E-state index contributed by atoms with van der Waals surface area (Å²) in [6.45, 7) is 7.01. The summed E-state index contributed by atoms with van der Waals surface area (Å²) < 4.78 is 37.3. The highest BCUT2D eigenvalue weighted by molar-refractivity contribution is 7.89. The highest BCUT2D eigenvalue weighted by Crippen LogP contribution is 2.12. The topological polar surface area (TPSA) is 110 Å². The fourth-order valence-corrected chi connectivity index (χ4v) is 3.03. The van der Waals surface area contributed by atoms with Crippen molar-refractivity contribution >= 4 is 21.8 Å². The molecule has 0 saturated heterocycles. The van der Waals surface area contributed by atoms with E-state index in [4.69, 9.17) is 9.15 Å².